The molecule has 2 N–H and O–H groups in total. The zero-order valence-electron chi connectivity index (χ0n) is 10.5. The number of halogens is 4. The van der Waals surface area contributed by atoms with Crippen LogP contribution in [0.2, 0.25) is 15.1 Å². The summed E-state index contributed by atoms with van der Waals surface area (Å²) in [5, 5.41) is 1.35. The van der Waals surface area contributed by atoms with Gasteiger partial charge in [-0.3, -0.25) is 0 Å². The zero-order chi connectivity index (χ0) is 14.7. The summed E-state index contributed by atoms with van der Waals surface area (Å²) < 4.78 is 13.9. The van der Waals surface area contributed by atoms with E-state index in [9.17, 15) is 4.39 Å². The third-order valence-corrected chi connectivity index (χ3v) is 4.23. The van der Waals surface area contributed by atoms with Crippen LogP contribution in [0.1, 0.15) is 17.0 Å². The Balaban J connectivity index is 2.31. The van der Waals surface area contributed by atoms with E-state index in [2.05, 4.69) is 0 Å². The number of nitrogens with two attached hydrogens (primary N) is 1. The molecule has 0 spiro atoms. The number of rotatable bonds is 4. The Kier molecular flexibility index (Phi) is 5.28. The van der Waals surface area contributed by atoms with Crippen molar-refractivity contribution in [2.45, 2.75) is 12.3 Å². The van der Waals surface area contributed by atoms with Crippen LogP contribution in [0.4, 0.5) is 4.39 Å². The van der Waals surface area contributed by atoms with Crippen molar-refractivity contribution in [3.63, 3.8) is 0 Å². The molecule has 1 nitrogen and oxygen atoms in total. The Labute approximate surface area is 132 Å². The van der Waals surface area contributed by atoms with Gasteiger partial charge in [0.25, 0.3) is 0 Å². The van der Waals surface area contributed by atoms with Crippen molar-refractivity contribution in [2.24, 2.45) is 5.73 Å². The zero-order valence-corrected chi connectivity index (χ0v) is 12.8. The number of hydrogen-bond donors (Lipinski definition) is 1. The lowest BCUT2D eigenvalue weighted by atomic mass is 9.91. The van der Waals surface area contributed by atoms with E-state index in [1.165, 1.54) is 6.07 Å². The maximum absolute atomic E-state index is 13.9. The molecule has 0 bridgehead atoms. The Hall–Kier alpha value is -0.800. The van der Waals surface area contributed by atoms with Crippen LogP contribution < -0.4 is 5.73 Å². The molecule has 0 radical (unpaired) electrons. The average molecular weight is 333 g/mol. The first-order valence-electron chi connectivity index (χ1n) is 6.10. The molecule has 2 aromatic rings. The lowest BCUT2D eigenvalue weighted by Crippen LogP contribution is -2.17. The van der Waals surface area contributed by atoms with Gasteiger partial charge in [-0.15, -0.1) is 0 Å². The first-order chi connectivity index (χ1) is 9.52. The Morgan fingerprint density at radius 3 is 2.35 bits per heavy atom. The van der Waals surface area contributed by atoms with Crippen LogP contribution in [-0.4, -0.2) is 6.54 Å². The largest absolute Gasteiger partial charge is 0.330 e. The Morgan fingerprint density at radius 2 is 1.75 bits per heavy atom. The molecule has 0 aromatic heterocycles. The summed E-state index contributed by atoms with van der Waals surface area (Å²) in [5.41, 5.74) is 7.16. The Morgan fingerprint density at radius 1 is 1.00 bits per heavy atom. The standard InChI is InChI=1S/C15H13Cl3FN/c16-11-5-4-9(7-13(11)18)6-10(8-20)15-12(17)2-1-3-14(15)19/h1-5,7,10H,6,8,20H2. The molecule has 0 amide bonds. The van der Waals surface area contributed by atoms with Gasteiger partial charge in [-0.1, -0.05) is 46.9 Å². The van der Waals surface area contributed by atoms with E-state index in [0.717, 1.165) is 5.56 Å². The number of hydrogen-bond acceptors (Lipinski definition) is 1. The van der Waals surface area contributed by atoms with Crippen molar-refractivity contribution in [1.29, 1.82) is 0 Å². The molecular formula is C15H13Cl3FN. The van der Waals surface area contributed by atoms with E-state index < -0.39 is 0 Å². The van der Waals surface area contributed by atoms with Gasteiger partial charge in [-0.2, -0.15) is 0 Å². The van der Waals surface area contributed by atoms with Gasteiger partial charge in [0.2, 0.25) is 0 Å². The molecule has 0 heterocycles. The summed E-state index contributed by atoms with van der Waals surface area (Å²) in [6.45, 7) is 0.293. The van der Waals surface area contributed by atoms with Crippen LogP contribution in [0, 0.1) is 5.82 Å². The highest BCUT2D eigenvalue weighted by molar-refractivity contribution is 6.42. The summed E-state index contributed by atoms with van der Waals surface area (Å²) in [5.74, 6) is -0.547. The monoisotopic (exact) mass is 331 g/mol. The summed E-state index contributed by atoms with van der Waals surface area (Å²) in [4.78, 5) is 0. The third-order valence-electron chi connectivity index (χ3n) is 3.16. The summed E-state index contributed by atoms with van der Waals surface area (Å²) in [6, 6.07) is 9.97. The highest BCUT2D eigenvalue weighted by atomic mass is 35.5. The summed E-state index contributed by atoms with van der Waals surface area (Å²) in [6.07, 6.45) is 0.550. The van der Waals surface area contributed by atoms with Gasteiger partial charge in [0.1, 0.15) is 5.82 Å². The van der Waals surface area contributed by atoms with Crippen LogP contribution >= 0.6 is 34.8 Å². The van der Waals surface area contributed by atoms with E-state index in [0.29, 0.717) is 33.6 Å². The van der Waals surface area contributed by atoms with E-state index in [1.54, 1.807) is 24.3 Å². The van der Waals surface area contributed by atoms with Crippen LogP contribution in [0.5, 0.6) is 0 Å². The Bertz CT molecular complexity index is 596. The molecule has 106 valence electrons. The fourth-order valence-corrected chi connectivity index (χ4v) is 2.79. The third kappa shape index (κ3) is 3.44. The molecule has 1 atom stereocenters. The van der Waals surface area contributed by atoms with E-state index in [1.807, 2.05) is 6.07 Å². The molecule has 0 aliphatic carbocycles. The molecule has 20 heavy (non-hydrogen) atoms. The second-order valence-electron chi connectivity index (χ2n) is 4.52. The van der Waals surface area contributed by atoms with E-state index >= 15 is 0 Å². The van der Waals surface area contributed by atoms with Gasteiger partial charge in [-0.05, 0) is 42.8 Å². The lowest BCUT2D eigenvalue weighted by Gasteiger charge is -2.18. The van der Waals surface area contributed by atoms with Crippen molar-refractivity contribution in [2.75, 3.05) is 6.54 Å². The maximum Gasteiger partial charge on any atom is 0.128 e. The van der Waals surface area contributed by atoms with Crippen molar-refractivity contribution in [3.8, 4) is 0 Å². The van der Waals surface area contributed by atoms with Gasteiger partial charge >= 0.3 is 0 Å². The first-order valence-corrected chi connectivity index (χ1v) is 7.24. The quantitative estimate of drug-likeness (QED) is 0.831. The van der Waals surface area contributed by atoms with Crippen molar-refractivity contribution in [1.82, 2.24) is 0 Å². The molecule has 2 rings (SSSR count). The molecule has 0 aliphatic heterocycles. The second-order valence-corrected chi connectivity index (χ2v) is 5.74. The maximum atomic E-state index is 13.9. The lowest BCUT2D eigenvalue weighted by molar-refractivity contribution is 0.576. The molecule has 1 unspecified atom stereocenters. The molecule has 2 aromatic carbocycles. The summed E-state index contributed by atoms with van der Waals surface area (Å²) in [7, 11) is 0. The normalized spacial score (nSPS) is 12.4. The minimum Gasteiger partial charge on any atom is -0.330 e. The minimum absolute atomic E-state index is 0.207. The smallest absolute Gasteiger partial charge is 0.128 e. The minimum atomic E-state index is -0.340. The van der Waals surface area contributed by atoms with Crippen molar-refractivity contribution >= 4 is 34.8 Å². The van der Waals surface area contributed by atoms with Crippen LogP contribution in [0.3, 0.4) is 0 Å². The van der Waals surface area contributed by atoms with Gasteiger partial charge in [0, 0.05) is 16.5 Å². The fourth-order valence-electron chi connectivity index (χ4n) is 2.16. The van der Waals surface area contributed by atoms with Crippen molar-refractivity contribution < 1.29 is 4.39 Å². The van der Waals surface area contributed by atoms with Gasteiger partial charge in [0.15, 0.2) is 0 Å². The average Bonchev–Trinajstić information content (AvgIpc) is 2.41. The molecule has 5 heteroatoms. The highest BCUT2D eigenvalue weighted by Gasteiger charge is 2.18. The number of benzene rings is 2. The molecule has 0 saturated carbocycles. The van der Waals surface area contributed by atoms with Gasteiger partial charge < -0.3 is 5.73 Å². The second kappa shape index (κ2) is 6.77. The molecule has 0 aliphatic rings. The predicted molar refractivity (Wildman–Crippen MR) is 83.4 cm³/mol. The molecular weight excluding hydrogens is 320 g/mol. The SMILES string of the molecule is NCC(Cc1ccc(Cl)c(Cl)c1)c1c(F)cccc1Cl. The van der Waals surface area contributed by atoms with Gasteiger partial charge in [-0.25, -0.2) is 4.39 Å². The van der Waals surface area contributed by atoms with Crippen LogP contribution in [0.15, 0.2) is 36.4 Å². The van der Waals surface area contributed by atoms with E-state index in [4.69, 9.17) is 40.5 Å². The predicted octanol–water partition coefficient (Wildman–Crippen LogP) is 5.07. The topological polar surface area (TPSA) is 26.0 Å². The van der Waals surface area contributed by atoms with Crippen LogP contribution in [-0.2, 0) is 6.42 Å². The first kappa shape index (κ1) is 15.6. The fraction of sp³-hybridized carbons (Fsp3) is 0.200. The summed E-state index contributed by atoms with van der Waals surface area (Å²) >= 11 is 17.9. The van der Waals surface area contributed by atoms with Crippen LogP contribution in [0.25, 0.3) is 0 Å². The van der Waals surface area contributed by atoms with Crippen molar-refractivity contribution in [3.05, 3.63) is 68.4 Å². The van der Waals surface area contributed by atoms with E-state index in [-0.39, 0.29) is 11.7 Å². The highest BCUT2D eigenvalue weighted by Crippen LogP contribution is 2.31. The van der Waals surface area contributed by atoms with Gasteiger partial charge in [0.05, 0.1) is 10.0 Å². The molecule has 0 saturated heterocycles. The molecule has 0 fully saturated rings.